The van der Waals surface area contributed by atoms with Crippen molar-refractivity contribution in [2.45, 2.75) is 62.8 Å². The molecule has 0 bridgehead atoms. The normalized spacial score (nSPS) is 13.9. The van der Waals surface area contributed by atoms with Crippen LogP contribution in [0.5, 0.6) is 5.75 Å². The monoisotopic (exact) mass is 770 g/mol. The molecule has 6 aromatic rings. The number of aromatic hydroxyl groups is 1. The lowest BCUT2D eigenvalue weighted by atomic mass is 10.0. The summed E-state index contributed by atoms with van der Waals surface area (Å²) in [6.45, 7) is 1.47. The van der Waals surface area contributed by atoms with E-state index in [0.29, 0.717) is 5.56 Å². The molecule has 0 radical (unpaired) electrons. The van der Waals surface area contributed by atoms with Gasteiger partial charge < -0.3 is 47.8 Å². The van der Waals surface area contributed by atoms with Crippen LogP contribution < -0.4 is 32.7 Å². The molecule has 0 aliphatic rings. The van der Waals surface area contributed by atoms with Gasteiger partial charge in [-0.15, -0.1) is 0 Å². The number of aromatic amines is 2. The number of hydrogen-bond donors (Lipinski definition) is 9. The number of carbonyl (C=O) groups is 5. The molecule has 0 spiro atoms. The molecule has 5 atom stereocenters. The summed E-state index contributed by atoms with van der Waals surface area (Å²) < 4.78 is 0. The number of carbonyl (C=O) groups excluding carboxylic acids is 5. The van der Waals surface area contributed by atoms with Gasteiger partial charge in [-0.25, -0.2) is 0 Å². The number of amides is 5. The summed E-state index contributed by atoms with van der Waals surface area (Å²) in [4.78, 5) is 74.0. The van der Waals surface area contributed by atoms with Crippen molar-refractivity contribution in [3.8, 4) is 5.75 Å². The van der Waals surface area contributed by atoms with Gasteiger partial charge in [-0.3, -0.25) is 24.0 Å². The van der Waals surface area contributed by atoms with Crippen LogP contribution in [0.4, 0.5) is 0 Å². The van der Waals surface area contributed by atoms with Gasteiger partial charge in [0.25, 0.3) is 0 Å². The van der Waals surface area contributed by atoms with Gasteiger partial charge in [-0.05, 0) is 59.9 Å². The number of nitrogens with one attached hydrogen (secondary N) is 6. The van der Waals surface area contributed by atoms with Crippen molar-refractivity contribution in [3.05, 3.63) is 138 Å². The summed E-state index contributed by atoms with van der Waals surface area (Å²) in [6.07, 6.45) is 3.93. The number of nitrogens with two attached hydrogens (primary N) is 2. The van der Waals surface area contributed by atoms with Crippen LogP contribution in [0.3, 0.4) is 0 Å². The maximum atomic E-state index is 14.0. The molecular weight excluding hydrogens is 725 g/mol. The van der Waals surface area contributed by atoms with E-state index in [1.165, 1.54) is 19.1 Å². The van der Waals surface area contributed by atoms with Crippen molar-refractivity contribution in [1.82, 2.24) is 31.2 Å². The Bertz CT molecular complexity index is 2360. The standard InChI is InChI=1S/C43H46N8O6/c1-25(48-42(56)37(21-28-23-46-34-13-7-5-11-31(28)34)51-41(55)33(44)19-27-15-17-30(52)18-16-27)40(54)50-38(22-29-24-47-35-14-8-6-12-32(29)35)43(57)49-36(39(45)53)20-26-9-3-2-4-10-26/h2-18,23-25,33,36-38,46-47,52H,19-22,44H2,1H3,(H2,45,53)(H,48,56)(H,49,57)(H,50,54)(H,51,55). The Hall–Kier alpha value is -6.93. The quantitative estimate of drug-likeness (QED) is 0.0671. The Morgan fingerprint density at radius 1 is 0.561 bits per heavy atom. The molecule has 0 saturated carbocycles. The SMILES string of the molecule is CC(NC(=O)C(Cc1c[nH]c2ccccc12)NC(=O)C(N)Cc1ccc(O)cc1)C(=O)NC(Cc1c[nH]c2ccccc12)C(=O)NC(Cc1ccccc1)C(N)=O. The van der Waals surface area contributed by atoms with E-state index in [1.807, 2.05) is 78.9 Å². The second-order valence-electron chi connectivity index (χ2n) is 14.1. The first kappa shape index (κ1) is 39.8. The molecule has 14 nitrogen and oxygen atoms in total. The topological polar surface area (TPSA) is 237 Å². The third kappa shape index (κ3) is 10.2. The lowest BCUT2D eigenvalue weighted by Crippen LogP contribution is -2.59. The number of phenolic OH excluding ortho intramolecular Hbond substituents is 1. The molecule has 57 heavy (non-hydrogen) atoms. The fraction of sp³-hybridized carbons (Fsp3) is 0.233. The molecule has 4 aromatic carbocycles. The van der Waals surface area contributed by atoms with E-state index >= 15 is 0 Å². The highest BCUT2D eigenvalue weighted by Crippen LogP contribution is 2.21. The number of phenols is 1. The molecule has 0 saturated heterocycles. The first-order chi connectivity index (χ1) is 27.4. The van der Waals surface area contributed by atoms with Gasteiger partial charge in [0.05, 0.1) is 6.04 Å². The molecular formula is C43H46N8O6. The molecule has 5 unspecified atom stereocenters. The fourth-order valence-electron chi connectivity index (χ4n) is 6.74. The first-order valence-electron chi connectivity index (χ1n) is 18.6. The number of benzene rings is 4. The predicted octanol–water partition coefficient (Wildman–Crippen LogP) is 2.40. The second kappa shape index (κ2) is 18.1. The molecule has 0 aliphatic heterocycles. The molecule has 0 fully saturated rings. The lowest BCUT2D eigenvalue weighted by molar-refractivity contribution is -0.134. The van der Waals surface area contributed by atoms with E-state index in [2.05, 4.69) is 31.2 Å². The molecule has 294 valence electrons. The lowest BCUT2D eigenvalue weighted by Gasteiger charge is -2.25. The van der Waals surface area contributed by atoms with Crippen molar-refractivity contribution in [3.63, 3.8) is 0 Å². The zero-order chi connectivity index (χ0) is 40.5. The Balaban J connectivity index is 1.19. The van der Waals surface area contributed by atoms with E-state index in [-0.39, 0.29) is 31.4 Å². The van der Waals surface area contributed by atoms with Crippen molar-refractivity contribution in [2.75, 3.05) is 0 Å². The van der Waals surface area contributed by atoms with E-state index in [1.54, 1.807) is 24.5 Å². The van der Waals surface area contributed by atoms with Gasteiger partial charge in [-0.1, -0.05) is 78.9 Å². The summed E-state index contributed by atoms with van der Waals surface area (Å²) in [5.41, 5.74) is 16.7. The number of H-pyrrole nitrogens is 2. The van der Waals surface area contributed by atoms with Crippen LogP contribution in [0.2, 0.25) is 0 Å². The second-order valence-corrected chi connectivity index (χ2v) is 14.1. The van der Waals surface area contributed by atoms with Crippen LogP contribution in [-0.2, 0) is 49.7 Å². The molecule has 6 rings (SSSR count). The molecule has 11 N–H and O–H groups in total. The van der Waals surface area contributed by atoms with E-state index in [4.69, 9.17) is 11.5 Å². The third-order valence-electron chi connectivity index (χ3n) is 9.89. The summed E-state index contributed by atoms with van der Waals surface area (Å²) in [7, 11) is 0. The van der Waals surface area contributed by atoms with E-state index in [0.717, 1.165) is 38.5 Å². The van der Waals surface area contributed by atoms with Crippen molar-refractivity contribution in [1.29, 1.82) is 0 Å². The number of para-hydroxylation sites is 2. The molecule has 5 amide bonds. The van der Waals surface area contributed by atoms with Crippen LogP contribution in [0.15, 0.2) is 116 Å². The van der Waals surface area contributed by atoms with E-state index in [9.17, 15) is 29.1 Å². The van der Waals surface area contributed by atoms with E-state index < -0.39 is 59.7 Å². The maximum Gasteiger partial charge on any atom is 0.243 e. The van der Waals surface area contributed by atoms with Crippen molar-refractivity contribution >= 4 is 51.3 Å². The number of primary amides is 1. The Morgan fingerprint density at radius 2 is 1.04 bits per heavy atom. The average Bonchev–Trinajstić information content (AvgIpc) is 3.82. The maximum absolute atomic E-state index is 14.0. The van der Waals surface area contributed by atoms with Crippen molar-refractivity contribution in [2.24, 2.45) is 11.5 Å². The zero-order valence-electron chi connectivity index (χ0n) is 31.3. The molecule has 2 heterocycles. The van der Waals surface area contributed by atoms with Crippen LogP contribution in [0.25, 0.3) is 21.8 Å². The number of rotatable bonds is 17. The minimum atomic E-state index is -1.17. The number of aromatic nitrogens is 2. The highest BCUT2D eigenvalue weighted by atomic mass is 16.3. The molecule has 0 aliphatic carbocycles. The summed E-state index contributed by atoms with van der Waals surface area (Å²) >= 11 is 0. The molecule has 2 aromatic heterocycles. The van der Waals surface area contributed by atoms with Gasteiger partial charge in [0.2, 0.25) is 29.5 Å². The minimum absolute atomic E-state index is 0.0528. The number of hydrogen-bond acceptors (Lipinski definition) is 7. The third-order valence-corrected chi connectivity index (χ3v) is 9.89. The number of fused-ring (bicyclic) bond motifs is 2. The molecule has 14 heteroatoms. The summed E-state index contributed by atoms with van der Waals surface area (Å²) in [5, 5.41) is 22.3. The van der Waals surface area contributed by atoms with Crippen LogP contribution in [0, 0.1) is 0 Å². The Morgan fingerprint density at radius 3 is 1.60 bits per heavy atom. The largest absolute Gasteiger partial charge is 0.508 e. The Kier molecular flexibility index (Phi) is 12.6. The van der Waals surface area contributed by atoms with Gasteiger partial charge in [0, 0.05) is 53.5 Å². The van der Waals surface area contributed by atoms with Gasteiger partial charge in [-0.2, -0.15) is 0 Å². The highest BCUT2D eigenvalue weighted by Gasteiger charge is 2.31. The summed E-state index contributed by atoms with van der Waals surface area (Å²) in [5.74, 6) is -3.22. The van der Waals surface area contributed by atoms with Crippen LogP contribution in [-0.4, -0.2) is 74.8 Å². The average molecular weight is 771 g/mol. The van der Waals surface area contributed by atoms with Gasteiger partial charge >= 0.3 is 0 Å². The first-order valence-corrected chi connectivity index (χ1v) is 18.6. The minimum Gasteiger partial charge on any atom is -0.508 e. The Labute approximate surface area is 328 Å². The van der Waals surface area contributed by atoms with Crippen molar-refractivity contribution < 1.29 is 29.1 Å². The van der Waals surface area contributed by atoms with Gasteiger partial charge in [0.15, 0.2) is 0 Å². The van der Waals surface area contributed by atoms with Crippen LogP contribution >= 0.6 is 0 Å². The fourth-order valence-corrected chi connectivity index (χ4v) is 6.74. The van der Waals surface area contributed by atoms with Gasteiger partial charge in [0.1, 0.15) is 29.9 Å². The zero-order valence-corrected chi connectivity index (χ0v) is 31.3. The summed E-state index contributed by atoms with van der Waals surface area (Å²) in [6, 6.07) is 24.9. The van der Waals surface area contributed by atoms with Crippen LogP contribution in [0.1, 0.15) is 29.2 Å². The smallest absolute Gasteiger partial charge is 0.243 e. The highest BCUT2D eigenvalue weighted by molar-refractivity contribution is 5.96. The predicted molar refractivity (Wildman–Crippen MR) is 217 cm³/mol.